The number of benzene rings is 1. The van der Waals surface area contributed by atoms with Crippen LogP contribution in [-0.4, -0.2) is 11.7 Å². The first-order chi connectivity index (χ1) is 10.2. The molecular formula is C16H17ClN2O2. The van der Waals surface area contributed by atoms with Crippen molar-refractivity contribution in [3.63, 3.8) is 0 Å². The zero-order valence-electron chi connectivity index (χ0n) is 11.8. The van der Waals surface area contributed by atoms with E-state index in [0.717, 1.165) is 24.1 Å². The molecule has 1 aromatic carbocycles. The zero-order valence-corrected chi connectivity index (χ0v) is 12.6. The summed E-state index contributed by atoms with van der Waals surface area (Å²) in [6.07, 6.45) is 2.04. The molecule has 0 unspecified atom stereocenters. The molecule has 0 amide bonds. The molecule has 4 nitrogen and oxygen atoms in total. The molecule has 0 spiro atoms. The molecule has 0 bridgehead atoms. The van der Waals surface area contributed by atoms with Gasteiger partial charge in [-0.25, -0.2) is 0 Å². The number of rotatable bonds is 4. The van der Waals surface area contributed by atoms with Crippen LogP contribution >= 0.6 is 11.6 Å². The number of halogens is 1. The van der Waals surface area contributed by atoms with Crippen molar-refractivity contribution in [2.24, 2.45) is 5.73 Å². The van der Waals surface area contributed by atoms with Crippen LogP contribution in [0.15, 0.2) is 35.1 Å². The van der Waals surface area contributed by atoms with Gasteiger partial charge >= 0.3 is 0 Å². The molecule has 1 saturated carbocycles. The van der Waals surface area contributed by atoms with Gasteiger partial charge in [-0.15, -0.1) is 0 Å². The monoisotopic (exact) mass is 304 g/mol. The molecule has 21 heavy (non-hydrogen) atoms. The van der Waals surface area contributed by atoms with Crippen LogP contribution in [0, 0.1) is 0 Å². The topological polar surface area (TPSA) is 57.2 Å². The molecule has 1 aliphatic rings. The lowest BCUT2D eigenvalue weighted by Gasteiger charge is -2.16. The minimum Gasteiger partial charge on any atom is -0.496 e. The highest BCUT2D eigenvalue weighted by Gasteiger charge is 2.28. The molecule has 0 atom stereocenters. The summed E-state index contributed by atoms with van der Waals surface area (Å²) in [5, 5.41) is 0.614. The quantitative estimate of drug-likeness (QED) is 0.944. The predicted molar refractivity (Wildman–Crippen MR) is 83.9 cm³/mol. The van der Waals surface area contributed by atoms with Crippen molar-refractivity contribution >= 4 is 11.6 Å². The average molecular weight is 305 g/mol. The van der Waals surface area contributed by atoms with Gasteiger partial charge in [0.05, 0.1) is 12.8 Å². The number of hydrogen-bond donors (Lipinski definition) is 1. The highest BCUT2D eigenvalue weighted by atomic mass is 35.5. The predicted octanol–water partition coefficient (Wildman–Crippen LogP) is 2.97. The van der Waals surface area contributed by atoms with Crippen LogP contribution in [0.4, 0.5) is 0 Å². The lowest BCUT2D eigenvalue weighted by molar-refractivity contribution is 0.416. The molecule has 1 aliphatic carbocycles. The summed E-state index contributed by atoms with van der Waals surface area (Å²) in [6.45, 7) is 0.249. The van der Waals surface area contributed by atoms with Crippen molar-refractivity contribution in [1.82, 2.24) is 4.57 Å². The maximum atomic E-state index is 12.6. The fourth-order valence-corrected chi connectivity index (χ4v) is 2.72. The van der Waals surface area contributed by atoms with Gasteiger partial charge in [-0.1, -0.05) is 17.7 Å². The number of aromatic nitrogens is 1. The van der Waals surface area contributed by atoms with E-state index in [4.69, 9.17) is 22.1 Å². The Hall–Kier alpha value is -1.78. The molecule has 2 aromatic rings. The van der Waals surface area contributed by atoms with Crippen molar-refractivity contribution in [1.29, 1.82) is 0 Å². The molecule has 1 fully saturated rings. The van der Waals surface area contributed by atoms with Crippen molar-refractivity contribution in [2.75, 3.05) is 7.11 Å². The Labute approximate surface area is 128 Å². The SMILES string of the molecule is COc1ccc(Cl)cc1-c1ccc(CN)c(=O)n1C1CC1. The van der Waals surface area contributed by atoms with E-state index in [1.807, 2.05) is 22.8 Å². The van der Waals surface area contributed by atoms with Crippen molar-refractivity contribution in [3.8, 4) is 17.0 Å². The van der Waals surface area contributed by atoms with Crippen molar-refractivity contribution in [2.45, 2.75) is 25.4 Å². The Morgan fingerprint density at radius 2 is 2.10 bits per heavy atom. The smallest absolute Gasteiger partial charge is 0.255 e. The molecule has 0 aliphatic heterocycles. The molecule has 2 N–H and O–H groups in total. The molecule has 5 heteroatoms. The van der Waals surface area contributed by atoms with E-state index in [-0.39, 0.29) is 18.1 Å². The van der Waals surface area contributed by atoms with Gasteiger partial charge in [0.2, 0.25) is 0 Å². The first-order valence-electron chi connectivity index (χ1n) is 6.94. The van der Waals surface area contributed by atoms with E-state index >= 15 is 0 Å². The van der Waals surface area contributed by atoms with Gasteiger partial charge in [-0.2, -0.15) is 0 Å². The number of nitrogens with two attached hydrogens (primary N) is 1. The fourth-order valence-electron chi connectivity index (χ4n) is 2.55. The maximum Gasteiger partial charge on any atom is 0.255 e. The third kappa shape index (κ3) is 2.57. The first-order valence-corrected chi connectivity index (χ1v) is 7.32. The standard InChI is InChI=1S/C16H17ClN2O2/c1-21-15-7-3-11(17)8-13(15)14-6-2-10(9-18)16(20)19(14)12-4-5-12/h2-3,6-8,12H,4-5,9,18H2,1H3. The van der Waals surface area contributed by atoms with Crippen LogP contribution in [0.2, 0.25) is 5.02 Å². The molecule has 110 valence electrons. The van der Waals surface area contributed by atoms with Crippen LogP contribution in [0.5, 0.6) is 5.75 Å². The second-order valence-electron chi connectivity index (χ2n) is 5.20. The molecule has 0 saturated heterocycles. The van der Waals surface area contributed by atoms with Crippen molar-refractivity contribution < 1.29 is 4.74 Å². The molecule has 1 aromatic heterocycles. The molecule has 1 heterocycles. The Morgan fingerprint density at radius 1 is 1.33 bits per heavy atom. The minimum absolute atomic E-state index is 0.0143. The van der Waals surface area contributed by atoms with E-state index < -0.39 is 0 Å². The number of ether oxygens (including phenoxy) is 1. The average Bonchev–Trinajstić information content (AvgIpc) is 3.31. The van der Waals surface area contributed by atoms with E-state index in [9.17, 15) is 4.79 Å². The van der Waals surface area contributed by atoms with E-state index in [0.29, 0.717) is 16.3 Å². The number of methoxy groups -OCH3 is 1. The minimum atomic E-state index is -0.0143. The van der Waals surface area contributed by atoms with Crippen LogP contribution in [0.1, 0.15) is 24.4 Å². The lowest BCUT2D eigenvalue weighted by Crippen LogP contribution is -2.25. The fraction of sp³-hybridized carbons (Fsp3) is 0.312. The van der Waals surface area contributed by atoms with E-state index in [1.54, 1.807) is 19.2 Å². The van der Waals surface area contributed by atoms with Crippen LogP contribution in [-0.2, 0) is 6.54 Å². The summed E-state index contributed by atoms with van der Waals surface area (Å²) >= 11 is 6.11. The highest BCUT2D eigenvalue weighted by molar-refractivity contribution is 6.30. The molecular weight excluding hydrogens is 288 g/mol. The third-order valence-corrected chi connectivity index (χ3v) is 4.00. The van der Waals surface area contributed by atoms with Gasteiger partial charge in [-0.3, -0.25) is 4.79 Å². The maximum absolute atomic E-state index is 12.6. The summed E-state index contributed by atoms with van der Waals surface area (Å²) < 4.78 is 7.24. The summed E-state index contributed by atoms with van der Waals surface area (Å²) in [5.41, 5.74) is 7.93. The Bertz CT molecular complexity index is 736. The summed E-state index contributed by atoms with van der Waals surface area (Å²) in [5.74, 6) is 0.702. The number of hydrogen-bond acceptors (Lipinski definition) is 3. The summed E-state index contributed by atoms with van der Waals surface area (Å²) in [4.78, 5) is 12.6. The van der Waals surface area contributed by atoms with Crippen LogP contribution < -0.4 is 16.0 Å². The van der Waals surface area contributed by atoms with Gasteiger partial charge in [0.25, 0.3) is 5.56 Å². The summed E-state index contributed by atoms with van der Waals surface area (Å²) in [7, 11) is 1.61. The zero-order chi connectivity index (χ0) is 15.0. The van der Waals surface area contributed by atoms with E-state index in [1.165, 1.54) is 0 Å². The Balaban J connectivity index is 2.26. The highest BCUT2D eigenvalue weighted by Crippen LogP contribution is 2.39. The van der Waals surface area contributed by atoms with Gasteiger partial charge in [0, 0.05) is 28.7 Å². The second-order valence-corrected chi connectivity index (χ2v) is 5.64. The van der Waals surface area contributed by atoms with Gasteiger partial charge < -0.3 is 15.0 Å². The second kappa shape index (κ2) is 5.54. The Kier molecular flexibility index (Phi) is 3.74. The summed E-state index contributed by atoms with van der Waals surface area (Å²) in [6, 6.07) is 9.39. The normalized spacial score (nSPS) is 14.2. The molecule has 3 rings (SSSR count). The van der Waals surface area contributed by atoms with Gasteiger partial charge in [0.1, 0.15) is 5.75 Å². The van der Waals surface area contributed by atoms with Crippen molar-refractivity contribution in [3.05, 3.63) is 51.3 Å². The number of pyridine rings is 1. The third-order valence-electron chi connectivity index (χ3n) is 3.76. The lowest BCUT2D eigenvalue weighted by atomic mass is 10.1. The number of nitrogens with zero attached hydrogens (tertiary/aromatic N) is 1. The largest absolute Gasteiger partial charge is 0.496 e. The van der Waals surface area contributed by atoms with E-state index in [2.05, 4.69) is 0 Å². The van der Waals surface area contributed by atoms with Crippen LogP contribution in [0.25, 0.3) is 11.3 Å². The van der Waals surface area contributed by atoms with Gasteiger partial charge in [-0.05, 0) is 37.1 Å². The van der Waals surface area contributed by atoms with Gasteiger partial charge in [0.15, 0.2) is 0 Å². The molecule has 0 radical (unpaired) electrons. The first kappa shape index (κ1) is 14.2. The van der Waals surface area contributed by atoms with Crippen LogP contribution in [0.3, 0.4) is 0 Å². The Morgan fingerprint density at radius 3 is 2.71 bits per heavy atom.